The van der Waals surface area contributed by atoms with E-state index in [1.807, 2.05) is 6.07 Å². The Bertz CT molecular complexity index is 689. The normalized spacial score (nSPS) is 19.6. The summed E-state index contributed by atoms with van der Waals surface area (Å²) in [4.78, 5) is 18.7. The van der Waals surface area contributed by atoms with E-state index >= 15 is 0 Å². The van der Waals surface area contributed by atoms with Gasteiger partial charge in [0.15, 0.2) is 0 Å². The number of thiophene rings is 1. The van der Waals surface area contributed by atoms with Gasteiger partial charge in [-0.15, -0.1) is 11.3 Å². The molecule has 0 bridgehead atoms. The van der Waals surface area contributed by atoms with E-state index in [1.54, 1.807) is 11.3 Å². The predicted octanol–water partition coefficient (Wildman–Crippen LogP) is 2.72. The Morgan fingerprint density at radius 3 is 2.44 bits per heavy atom. The molecular formula is C20H25N3OS. The fourth-order valence-corrected chi connectivity index (χ4v) is 4.61. The maximum atomic E-state index is 12.6. The predicted molar refractivity (Wildman–Crippen MR) is 103 cm³/mol. The maximum absolute atomic E-state index is 12.6. The van der Waals surface area contributed by atoms with Gasteiger partial charge in [0.1, 0.15) is 0 Å². The van der Waals surface area contributed by atoms with Crippen LogP contribution in [0.1, 0.15) is 17.7 Å². The molecule has 4 rings (SSSR count). The van der Waals surface area contributed by atoms with Crippen LogP contribution in [0.2, 0.25) is 0 Å². The van der Waals surface area contributed by atoms with E-state index in [0.717, 1.165) is 52.1 Å². The standard InChI is InChI=1S/C20H25N3OS/c24-19(20(8-9-20)18-7-4-16-25-18)21-10-11-22-12-14-23(15-13-22)17-5-2-1-3-6-17/h1-7,16H,8-15H2,(H,21,24). The molecule has 1 saturated heterocycles. The van der Waals surface area contributed by atoms with Gasteiger partial charge in [-0.05, 0) is 36.4 Å². The molecule has 1 aliphatic carbocycles. The Morgan fingerprint density at radius 2 is 1.80 bits per heavy atom. The van der Waals surface area contributed by atoms with Crippen molar-refractivity contribution in [3.63, 3.8) is 0 Å². The summed E-state index contributed by atoms with van der Waals surface area (Å²) in [6, 6.07) is 14.7. The minimum absolute atomic E-state index is 0.208. The van der Waals surface area contributed by atoms with Crippen LogP contribution in [0.25, 0.3) is 0 Å². The molecule has 1 aromatic carbocycles. The summed E-state index contributed by atoms with van der Waals surface area (Å²) in [5, 5.41) is 5.24. The molecule has 5 heteroatoms. The van der Waals surface area contributed by atoms with Crippen LogP contribution < -0.4 is 10.2 Å². The third kappa shape index (κ3) is 3.58. The second-order valence-corrected chi connectivity index (χ2v) is 7.93. The highest BCUT2D eigenvalue weighted by Crippen LogP contribution is 2.50. The third-order valence-electron chi connectivity index (χ3n) is 5.38. The van der Waals surface area contributed by atoms with Crippen LogP contribution in [0, 0.1) is 0 Å². The fourth-order valence-electron chi connectivity index (χ4n) is 3.63. The van der Waals surface area contributed by atoms with Gasteiger partial charge in [-0.25, -0.2) is 0 Å². The zero-order valence-electron chi connectivity index (χ0n) is 14.5. The summed E-state index contributed by atoms with van der Waals surface area (Å²) in [7, 11) is 0. The van der Waals surface area contributed by atoms with Crippen LogP contribution >= 0.6 is 11.3 Å². The van der Waals surface area contributed by atoms with Crippen molar-refractivity contribution in [3.8, 4) is 0 Å². The lowest BCUT2D eigenvalue weighted by molar-refractivity contribution is -0.123. The molecule has 0 atom stereocenters. The van der Waals surface area contributed by atoms with Gasteiger partial charge in [0.25, 0.3) is 0 Å². The molecule has 1 amide bonds. The number of nitrogens with one attached hydrogen (secondary N) is 1. The Hall–Kier alpha value is -1.85. The molecule has 132 valence electrons. The van der Waals surface area contributed by atoms with Gasteiger partial charge in [0.05, 0.1) is 5.41 Å². The minimum Gasteiger partial charge on any atom is -0.369 e. The van der Waals surface area contributed by atoms with Crippen molar-refractivity contribution in [2.45, 2.75) is 18.3 Å². The smallest absolute Gasteiger partial charge is 0.231 e. The minimum atomic E-state index is -0.208. The van der Waals surface area contributed by atoms with Crippen LogP contribution in [0.15, 0.2) is 47.8 Å². The van der Waals surface area contributed by atoms with Gasteiger partial charge >= 0.3 is 0 Å². The average Bonchev–Trinajstić information content (AvgIpc) is 3.29. The number of nitrogens with zero attached hydrogens (tertiary/aromatic N) is 2. The molecule has 1 aromatic heterocycles. The van der Waals surface area contributed by atoms with E-state index in [4.69, 9.17) is 0 Å². The monoisotopic (exact) mass is 355 g/mol. The number of hydrogen-bond donors (Lipinski definition) is 1. The van der Waals surface area contributed by atoms with Crippen molar-refractivity contribution in [1.82, 2.24) is 10.2 Å². The Kier molecular flexibility index (Phi) is 4.77. The van der Waals surface area contributed by atoms with E-state index in [1.165, 1.54) is 10.6 Å². The lowest BCUT2D eigenvalue weighted by Crippen LogP contribution is -2.49. The van der Waals surface area contributed by atoms with Crippen LogP contribution in [0.3, 0.4) is 0 Å². The largest absolute Gasteiger partial charge is 0.369 e. The lowest BCUT2D eigenvalue weighted by atomic mass is 10.0. The number of piperazine rings is 1. The summed E-state index contributed by atoms with van der Waals surface area (Å²) in [6.45, 7) is 5.90. The van der Waals surface area contributed by atoms with Crippen molar-refractivity contribution in [3.05, 3.63) is 52.7 Å². The number of carbonyl (C=O) groups is 1. The van der Waals surface area contributed by atoms with Gasteiger partial charge in [-0.2, -0.15) is 0 Å². The lowest BCUT2D eigenvalue weighted by Gasteiger charge is -2.36. The van der Waals surface area contributed by atoms with Crippen LogP contribution in [-0.2, 0) is 10.2 Å². The molecule has 0 unspecified atom stereocenters. The fraction of sp³-hybridized carbons (Fsp3) is 0.450. The quantitative estimate of drug-likeness (QED) is 0.865. The second kappa shape index (κ2) is 7.18. The van der Waals surface area contributed by atoms with Crippen molar-refractivity contribution < 1.29 is 4.79 Å². The molecule has 2 fully saturated rings. The number of hydrogen-bond acceptors (Lipinski definition) is 4. The van der Waals surface area contributed by atoms with Crippen LogP contribution in [-0.4, -0.2) is 50.1 Å². The first-order valence-electron chi connectivity index (χ1n) is 9.13. The number of rotatable bonds is 6. The van der Waals surface area contributed by atoms with Crippen molar-refractivity contribution >= 4 is 22.9 Å². The molecule has 0 radical (unpaired) electrons. The summed E-state index contributed by atoms with van der Waals surface area (Å²) in [6.07, 6.45) is 1.99. The van der Waals surface area contributed by atoms with E-state index in [2.05, 4.69) is 56.9 Å². The Morgan fingerprint density at radius 1 is 1.04 bits per heavy atom. The summed E-state index contributed by atoms with van der Waals surface area (Å²) >= 11 is 1.70. The molecule has 2 aromatic rings. The SMILES string of the molecule is O=C(NCCN1CCN(c2ccccc2)CC1)C1(c2cccs2)CC1. The number of benzene rings is 1. The van der Waals surface area contributed by atoms with Gasteiger partial charge in [0.2, 0.25) is 5.91 Å². The summed E-state index contributed by atoms with van der Waals surface area (Å²) < 4.78 is 0. The maximum Gasteiger partial charge on any atom is 0.231 e. The third-order valence-corrected chi connectivity index (χ3v) is 6.46. The summed E-state index contributed by atoms with van der Waals surface area (Å²) in [5.41, 5.74) is 1.10. The van der Waals surface area contributed by atoms with E-state index < -0.39 is 0 Å². The first kappa shape index (κ1) is 16.6. The van der Waals surface area contributed by atoms with Crippen molar-refractivity contribution in [1.29, 1.82) is 0 Å². The highest BCUT2D eigenvalue weighted by atomic mass is 32.1. The van der Waals surface area contributed by atoms with Gasteiger partial charge in [-0.3, -0.25) is 9.69 Å². The highest BCUT2D eigenvalue weighted by Gasteiger charge is 2.51. The number of para-hydroxylation sites is 1. The van der Waals surface area contributed by atoms with Crippen molar-refractivity contribution in [2.24, 2.45) is 0 Å². The highest BCUT2D eigenvalue weighted by molar-refractivity contribution is 7.10. The zero-order chi connectivity index (χ0) is 17.1. The number of anilines is 1. The number of amides is 1. The van der Waals surface area contributed by atoms with E-state index in [-0.39, 0.29) is 11.3 Å². The first-order chi connectivity index (χ1) is 12.3. The molecule has 4 nitrogen and oxygen atoms in total. The number of carbonyl (C=O) groups excluding carboxylic acids is 1. The first-order valence-corrected chi connectivity index (χ1v) is 10.0. The van der Waals surface area contributed by atoms with Gasteiger partial charge in [-0.1, -0.05) is 24.3 Å². The summed E-state index contributed by atoms with van der Waals surface area (Å²) in [5.74, 6) is 0.220. The molecule has 25 heavy (non-hydrogen) atoms. The van der Waals surface area contributed by atoms with Crippen molar-refractivity contribution in [2.75, 3.05) is 44.2 Å². The molecule has 2 aliphatic rings. The molecule has 0 spiro atoms. The van der Waals surface area contributed by atoms with Crippen LogP contribution in [0.4, 0.5) is 5.69 Å². The Balaban J connectivity index is 1.21. The molecular weight excluding hydrogens is 330 g/mol. The van der Waals surface area contributed by atoms with E-state index in [9.17, 15) is 4.79 Å². The molecule has 1 N–H and O–H groups in total. The molecule has 1 saturated carbocycles. The molecule has 2 heterocycles. The molecule has 1 aliphatic heterocycles. The Labute approximate surface area is 153 Å². The second-order valence-electron chi connectivity index (χ2n) is 6.98. The van der Waals surface area contributed by atoms with Gasteiger partial charge < -0.3 is 10.2 Å². The van der Waals surface area contributed by atoms with Crippen LogP contribution in [0.5, 0.6) is 0 Å². The zero-order valence-corrected chi connectivity index (χ0v) is 15.3. The van der Waals surface area contributed by atoms with Gasteiger partial charge in [0, 0.05) is 49.8 Å². The average molecular weight is 356 g/mol. The topological polar surface area (TPSA) is 35.6 Å². The van der Waals surface area contributed by atoms with E-state index in [0.29, 0.717) is 0 Å².